The number of hydrogen-bond acceptors (Lipinski definition) is 6. The van der Waals surface area contributed by atoms with Crippen LogP contribution in [0.1, 0.15) is 52.4 Å². The van der Waals surface area contributed by atoms with Crippen LogP contribution in [0, 0.1) is 0 Å². The molecule has 0 bridgehead atoms. The molecule has 9 heteroatoms. The number of unbranched alkanes of at least 4 members (excludes halogenated alkanes) is 4. The van der Waals surface area contributed by atoms with Gasteiger partial charge >= 0.3 is 130 Å². The van der Waals surface area contributed by atoms with Crippen LogP contribution in [0.4, 0.5) is 0 Å². The fraction of sp³-hybridized carbons (Fsp3) is 1.00. The third-order valence-corrected chi connectivity index (χ3v) is 12.0. The van der Waals surface area contributed by atoms with E-state index in [1.807, 2.05) is 13.8 Å². The van der Waals surface area contributed by atoms with E-state index >= 15 is 0 Å². The summed E-state index contributed by atoms with van der Waals surface area (Å²) in [5.74, 6) is -0.125. The Morgan fingerprint density at radius 2 is 1.11 bits per heavy atom. The Bertz CT molecular complexity index is 377. The van der Waals surface area contributed by atoms with Crippen LogP contribution in [0.3, 0.4) is 0 Å². The second-order valence-corrected chi connectivity index (χ2v) is 12.1. The molecule has 0 aliphatic rings. The number of rotatable bonds is 12. The summed E-state index contributed by atoms with van der Waals surface area (Å²) < 4.78 is 55.0. The molecule has 0 spiro atoms. The molecule has 0 heterocycles. The van der Waals surface area contributed by atoms with E-state index in [2.05, 4.69) is 4.27 Å². The van der Waals surface area contributed by atoms with Crippen molar-refractivity contribution in [3.8, 4) is 0 Å². The molecule has 0 aliphatic heterocycles. The summed E-state index contributed by atoms with van der Waals surface area (Å²) in [6.45, 7) is 3.94. The zero-order valence-corrected chi connectivity index (χ0v) is 16.9. The van der Waals surface area contributed by atoms with E-state index in [0.29, 0.717) is 12.8 Å². The molecule has 0 unspecified atom stereocenters. The van der Waals surface area contributed by atoms with E-state index in [-0.39, 0.29) is 11.5 Å². The molecular formula is C10H22O6PbS2. The van der Waals surface area contributed by atoms with Crippen LogP contribution in [0.15, 0.2) is 0 Å². The van der Waals surface area contributed by atoms with E-state index in [0.717, 1.165) is 25.7 Å². The molecule has 0 atom stereocenters. The van der Waals surface area contributed by atoms with Gasteiger partial charge in [-0.3, -0.25) is 0 Å². The van der Waals surface area contributed by atoms with Crippen molar-refractivity contribution in [2.45, 2.75) is 52.4 Å². The van der Waals surface area contributed by atoms with Crippen LogP contribution in [-0.4, -0.2) is 53.5 Å². The molecule has 0 fully saturated rings. The SMILES string of the molecule is CCCCCS(=O)(=O)[O][Pb][O]S(=O)(=O)CCCCC. The molecular weight excluding hydrogens is 487 g/mol. The van der Waals surface area contributed by atoms with E-state index in [9.17, 15) is 16.8 Å². The van der Waals surface area contributed by atoms with Gasteiger partial charge in [0.2, 0.25) is 0 Å². The van der Waals surface area contributed by atoms with Gasteiger partial charge in [0, 0.05) is 0 Å². The van der Waals surface area contributed by atoms with Crippen molar-refractivity contribution in [3.05, 3.63) is 0 Å². The van der Waals surface area contributed by atoms with Gasteiger partial charge in [0.1, 0.15) is 0 Å². The molecule has 114 valence electrons. The summed E-state index contributed by atoms with van der Waals surface area (Å²) in [5, 5.41) is 0. The zero-order valence-electron chi connectivity index (χ0n) is 11.4. The second-order valence-electron chi connectivity index (χ2n) is 4.19. The third kappa shape index (κ3) is 12.2. The van der Waals surface area contributed by atoms with Crippen LogP contribution in [0.5, 0.6) is 0 Å². The topological polar surface area (TPSA) is 86.7 Å². The van der Waals surface area contributed by atoms with Crippen LogP contribution in [0.25, 0.3) is 0 Å². The molecule has 2 radical (unpaired) electrons. The summed E-state index contributed by atoms with van der Waals surface area (Å²) >= 11 is -2.55. The van der Waals surface area contributed by atoms with Crippen molar-refractivity contribution in [3.63, 3.8) is 0 Å². The van der Waals surface area contributed by atoms with Crippen molar-refractivity contribution >= 4 is 45.4 Å². The molecule has 0 rings (SSSR count). The van der Waals surface area contributed by atoms with Crippen LogP contribution in [0.2, 0.25) is 0 Å². The fourth-order valence-electron chi connectivity index (χ4n) is 1.26. The van der Waals surface area contributed by atoms with Gasteiger partial charge in [-0.05, 0) is 0 Å². The molecule has 0 N–H and O–H groups in total. The summed E-state index contributed by atoms with van der Waals surface area (Å²) in [5.41, 5.74) is 0. The minimum absolute atomic E-state index is 0.0624. The Morgan fingerprint density at radius 1 is 0.737 bits per heavy atom. The van der Waals surface area contributed by atoms with Crippen molar-refractivity contribution in [1.29, 1.82) is 0 Å². The minimum atomic E-state index is -3.60. The Morgan fingerprint density at radius 3 is 1.42 bits per heavy atom. The zero-order chi connectivity index (χ0) is 14.8. The molecule has 0 aliphatic carbocycles. The van der Waals surface area contributed by atoms with Gasteiger partial charge in [-0.15, -0.1) is 0 Å². The molecule has 19 heavy (non-hydrogen) atoms. The van der Waals surface area contributed by atoms with Gasteiger partial charge in [0.05, 0.1) is 0 Å². The second kappa shape index (κ2) is 10.5. The summed E-state index contributed by atoms with van der Waals surface area (Å²) in [6.07, 6.45) is 4.52. The quantitative estimate of drug-likeness (QED) is 0.293. The van der Waals surface area contributed by atoms with E-state index in [4.69, 9.17) is 0 Å². The summed E-state index contributed by atoms with van der Waals surface area (Å²) in [6, 6.07) is 0. The first-order valence-corrected chi connectivity index (χ1v) is 12.7. The molecule has 0 amide bonds. The Kier molecular flexibility index (Phi) is 10.9. The Balaban J connectivity index is 3.94. The monoisotopic (exact) mass is 510 g/mol. The van der Waals surface area contributed by atoms with Crippen molar-refractivity contribution in [2.75, 3.05) is 11.5 Å². The molecule has 6 nitrogen and oxygen atoms in total. The first-order chi connectivity index (χ1) is 8.83. The maximum atomic E-state index is 11.4. The first-order valence-electron chi connectivity index (χ1n) is 6.40. The summed E-state index contributed by atoms with van der Waals surface area (Å²) in [4.78, 5) is 0. The Hall–Kier alpha value is 0.742. The molecule has 0 aromatic rings. The van der Waals surface area contributed by atoms with Gasteiger partial charge in [0.15, 0.2) is 0 Å². The molecule has 0 saturated carbocycles. The van der Waals surface area contributed by atoms with E-state index in [1.165, 1.54) is 0 Å². The molecule has 0 aromatic carbocycles. The van der Waals surface area contributed by atoms with Crippen molar-refractivity contribution < 1.29 is 21.1 Å². The normalized spacial score (nSPS) is 12.7. The predicted molar refractivity (Wildman–Crippen MR) is 74.5 cm³/mol. The fourth-order valence-corrected chi connectivity index (χ4v) is 8.19. The molecule has 0 aromatic heterocycles. The first kappa shape index (κ1) is 19.7. The van der Waals surface area contributed by atoms with Crippen molar-refractivity contribution in [1.82, 2.24) is 0 Å². The van der Waals surface area contributed by atoms with E-state index < -0.39 is 45.4 Å². The predicted octanol–water partition coefficient (Wildman–Crippen LogP) is 1.59. The summed E-state index contributed by atoms with van der Waals surface area (Å²) in [7, 11) is -7.21. The average Bonchev–Trinajstić information content (AvgIpc) is 2.28. The van der Waals surface area contributed by atoms with Crippen molar-refractivity contribution in [2.24, 2.45) is 0 Å². The van der Waals surface area contributed by atoms with Gasteiger partial charge in [0.25, 0.3) is 0 Å². The van der Waals surface area contributed by atoms with Gasteiger partial charge in [-0.2, -0.15) is 0 Å². The average molecular weight is 510 g/mol. The number of hydrogen-bond donors (Lipinski definition) is 0. The van der Waals surface area contributed by atoms with Gasteiger partial charge in [-0.25, -0.2) is 0 Å². The maximum absolute atomic E-state index is 11.4. The van der Waals surface area contributed by atoms with Gasteiger partial charge < -0.3 is 0 Å². The third-order valence-electron chi connectivity index (χ3n) is 2.32. The van der Waals surface area contributed by atoms with Crippen LogP contribution < -0.4 is 0 Å². The van der Waals surface area contributed by atoms with E-state index in [1.54, 1.807) is 0 Å². The molecule has 0 saturated heterocycles. The van der Waals surface area contributed by atoms with Crippen LogP contribution in [-0.2, 0) is 24.5 Å². The van der Waals surface area contributed by atoms with Crippen LogP contribution >= 0.6 is 0 Å². The Labute approximate surface area is 130 Å². The standard InChI is InChI=1S/2C5H12O3S.Pb/c2*1-2-3-4-5-9(6,7)8;/h2*2-5H2,1H3,(H,6,7,8);/q;;+2/p-2. The van der Waals surface area contributed by atoms with Gasteiger partial charge in [-0.1, -0.05) is 0 Å².